The van der Waals surface area contributed by atoms with E-state index in [0.29, 0.717) is 23.7 Å². The third-order valence-electron chi connectivity index (χ3n) is 3.05. The summed E-state index contributed by atoms with van der Waals surface area (Å²) >= 11 is 5.91. The molecule has 0 spiro atoms. The summed E-state index contributed by atoms with van der Waals surface area (Å²) in [7, 11) is 0. The van der Waals surface area contributed by atoms with Crippen LogP contribution in [0.15, 0.2) is 34.9 Å². The van der Waals surface area contributed by atoms with Crippen LogP contribution < -0.4 is 5.32 Å². The van der Waals surface area contributed by atoms with Crippen LogP contribution in [-0.2, 0) is 16.6 Å². The first-order valence-corrected chi connectivity index (χ1v) is 7.24. The first-order valence-electron chi connectivity index (χ1n) is 6.86. The monoisotopic (exact) mass is 306 g/mol. The van der Waals surface area contributed by atoms with Gasteiger partial charge in [-0.15, -0.1) is 0 Å². The molecule has 0 aliphatic carbocycles. The van der Waals surface area contributed by atoms with Crippen LogP contribution in [0.4, 0.5) is 5.82 Å². The Labute approximate surface area is 129 Å². The Morgan fingerprint density at radius 1 is 1.33 bits per heavy atom. The minimum Gasteiger partial charge on any atom is -0.359 e. The zero-order chi connectivity index (χ0) is 15.5. The molecule has 112 valence electrons. The average Bonchev–Trinajstić information content (AvgIpc) is 2.85. The minimum atomic E-state index is -0.128. The maximum Gasteiger partial charge on any atom is 0.225 e. The van der Waals surface area contributed by atoms with Crippen molar-refractivity contribution in [2.24, 2.45) is 0 Å². The number of amides is 1. The van der Waals surface area contributed by atoms with E-state index in [1.54, 1.807) is 6.07 Å². The van der Waals surface area contributed by atoms with E-state index in [2.05, 4.69) is 10.5 Å². The molecule has 1 aromatic carbocycles. The molecule has 0 fully saturated rings. The van der Waals surface area contributed by atoms with Crippen LogP contribution in [-0.4, -0.2) is 11.1 Å². The highest BCUT2D eigenvalue weighted by molar-refractivity contribution is 6.30. The molecule has 0 bridgehead atoms. The number of hydrogen-bond acceptors (Lipinski definition) is 3. The highest BCUT2D eigenvalue weighted by atomic mass is 35.5. The van der Waals surface area contributed by atoms with Gasteiger partial charge in [0.05, 0.1) is 0 Å². The van der Waals surface area contributed by atoms with Gasteiger partial charge < -0.3 is 9.84 Å². The van der Waals surface area contributed by atoms with E-state index in [4.69, 9.17) is 16.1 Å². The maximum absolute atomic E-state index is 11.9. The first-order chi connectivity index (χ1) is 9.84. The number of aryl methyl sites for hydroxylation is 1. The van der Waals surface area contributed by atoms with Crippen LogP contribution in [0.3, 0.4) is 0 Å². The number of benzene rings is 1. The lowest BCUT2D eigenvalue weighted by atomic mass is 9.93. The van der Waals surface area contributed by atoms with Gasteiger partial charge in [0.15, 0.2) is 5.82 Å². The molecule has 2 rings (SSSR count). The molecule has 0 aliphatic heterocycles. The van der Waals surface area contributed by atoms with Crippen molar-refractivity contribution in [2.75, 3.05) is 5.32 Å². The number of halogens is 1. The standard InChI is InChI=1S/C16H19ClN2O2/c1-16(2,3)13-10-14(19-21-13)18-15(20)8-7-11-5-4-6-12(17)9-11/h4-6,9-10H,7-8H2,1-3H3,(H,18,19,20). The summed E-state index contributed by atoms with van der Waals surface area (Å²) in [6, 6.07) is 9.27. The Morgan fingerprint density at radius 3 is 2.71 bits per heavy atom. The lowest BCUT2D eigenvalue weighted by Gasteiger charge is -2.12. The molecule has 21 heavy (non-hydrogen) atoms. The van der Waals surface area contributed by atoms with Crippen molar-refractivity contribution < 1.29 is 9.32 Å². The van der Waals surface area contributed by atoms with Gasteiger partial charge in [-0.1, -0.05) is 49.7 Å². The Balaban J connectivity index is 1.89. The van der Waals surface area contributed by atoms with Gasteiger partial charge in [-0.2, -0.15) is 0 Å². The zero-order valence-electron chi connectivity index (χ0n) is 12.4. The van der Waals surface area contributed by atoms with Gasteiger partial charge in [-0.05, 0) is 24.1 Å². The van der Waals surface area contributed by atoms with Crippen molar-refractivity contribution in [1.82, 2.24) is 5.16 Å². The molecule has 1 aromatic heterocycles. The number of carbonyl (C=O) groups is 1. The lowest BCUT2D eigenvalue weighted by Crippen LogP contribution is -2.13. The van der Waals surface area contributed by atoms with Gasteiger partial charge in [0.25, 0.3) is 0 Å². The number of hydrogen-bond donors (Lipinski definition) is 1. The second kappa shape index (κ2) is 6.31. The molecule has 2 aromatic rings. The normalized spacial score (nSPS) is 11.4. The van der Waals surface area contributed by atoms with Crippen LogP contribution in [0.1, 0.15) is 38.5 Å². The SMILES string of the molecule is CC(C)(C)c1cc(NC(=O)CCc2cccc(Cl)c2)no1. The third-order valence-corrected chi connectivity index (χ3v) is 3.28. The summed E-state index contributed by atoms with van der Waals surface area (Å²) in [5.74, 6) is 1.10. The highest BCUT2D eigenvalue weighted by Gasteiger charge is 2.20. The molecule has 0 radical (unpaired) electrons. The summed E-state index contributed by atoms with van der Waals surface area (Å²) in [4.78, 5) is 11.9. The molecule has 1 heterocycles. The topological polar surface area (TPSA) is 55.1 Å². The molecular weight excluding hydrogens is 288 g/mol. The molecule has 0 saturated heterocycles. The molecule has 0 unspecified atom stereocenters. The molecule has 1 amide bonds. The fourth-order valence-corrected chi connectivity index (χ4v) is 2.06. The van der Waals surface area contributed by atoms with Gasteiger partial charge in [-0.3, -0.25) is 4.79 Å². The van der Waals surface area contributed by atoms with Crippen molar-refractivity contribution >= 4 is 23.3 Å². The van der Waals surface area contributed by atoms with Crippen molar-refractivity contribution in [3.8, 4) is 0 Å². The van der Waals surface area contributed by atoms with Crippen molar-refractivity contribution in [2.45, 2.75) is 39.0 Å². The fourth-order valence-electron chi connectivity index (χ4n) is 1.84. The van der Waals surface area contributed by atoms with Crippen LogP contribution >= 0.6 is 11.6 Å². The van der Waals surface area contributed by atoms with Crippen LogP contribution in [0, 0.1) is 0 Å². The number of rotatable bonds is 4. The maximum atomic E-state index is 11.9. The minimum absolute atomic E-state index is 0.0938. The zero-order valence-corrected chi connectivity index (χ0v) is 13.2. The van der Waals surface area contributed by atoms with Crippen molar-refractivity contribution in [3.63, 3.8) is 0 Å². The Morgan fingerprint density at radius 2 is 2.10 bits per heavy atom. The van der Waals surface area contributed by atoms with Gasteiger partial charge in [0.2, 0.25) is 5.91 Å². The molecular formula is C16H19ClN2O2. The van der Waals surface area contributed by atoms with Crippen LogP contribution in [0.5, 0.6) is 0 Å². The largest absolute Gasteiger partial charge is 0.359 e. The van der Waals surface area contributed by atoms with Crippen molar-refractivity contribution in [1.29, 1.82) is 0 Å². The van der Waals surface area contributed by atoms with E-state index in [1.165, 1.54) is 0 Å². The Bertz CT molecular complexity index is 629. The van der Waals surface area contributed by atoms with E-state index in [0.717, 1.165) is 11.3 Å². The number of carbonyl (C=O) groups excluding carboxylic acids is 1. The second-order valence-corrected chi connectivity index (χ2v) is 6.44. The molecule has 0 aliphatic rings. The predicted octanol–water partition coefficient (Wildman–Crippen LogP) is 4.20. The predicted molar refractivity (Wildman–Crippen MR) is 83.6 cm³/mol. The summed E-state index contributed by atoms with van der Waals surface area (Å²) < 4.78 is 5.23. The quantitative estimate of drug-likeness (QED) is 0.921. The lowest BCUT2D eigenvalue weighted by molar-refractivity contribution is -0.116. The van der Waals surface area contributed by atoms with E-state index >= 15 is 0 Å². The van der Waals surface area contributed by atoms with Gasteiger partial charge in [0, 0.05) is 22.9 Å². The molecule has 0 atom stereocenters. The van der Waals surface area contributed by atoms with Gasteiger partial charge >= 0.3 is 0 Å². The summed E-state index contributed by atoms with van der Waals surface area (Å²) in [6.07, 6.45) is 1.01. The second-order valence-electron chi connectivity index (χ2n) is 6.00. The number of nitrogens with zero attached hydrogens (tertiary/aromatic N) is 1. The number of anilines is 1. The van der Waals surface area contributed by atoms with E-state index in [9.17, 15) is 4.79 Å². The molecule has 1 N–H and O–H groups in total. The fraction of sp³-hybridized carbons (Fsp3) is 0.375. The Kier molecular flexibility index (Phi) is 4.68. The molecule has 4 nitrogen and oxygen atoms in total. The van der Waals surface area contributed by atoms with E-state index < -0.39 is 0 Å². The summed E-state index contributed by atoms with van der Waals surface area (Å²) in [6.45, 7) is 6.08. The van der Waals surface area contributed by atoms with E-state index in [1.807, 2.05) is 45.0 Å². The third kappa shape index (κ3) is 4.60. The van der Waals surface area contributed by atoms with E-state index in [-0.39, 0.29) is 11.3 Å². The van der Waals surface area contributed by atoms with Gasteiger partial charge in [-0.25, -0.2) is 0 Å². The van der Waals surface area contributed by atoms with Gasteiger partial charge in [0.1, 0.15) is 5.76 Å². The highest BCUT2D eigenvalue weighted by Crippen LogP contribution is 2.24. The summed E-state index contributed by atoms with van der Waals surface area (Å²) in [5, 5.41) is 7.29. The van der Waals surface area contributed by atoms with Crippen LogP contribution in [0.2, 0.25) is 5.02 Å². The molecule has 0 saturated carbocycles. The van der Waals surface area contributed by atoms with Crippen molar-refractivity contribution in [3.05, 3.63) is 46.7 Å². The number of aromatic nitrogens is 1. The Hall–Kier alpha value is -1.81. The molecule has 5 heteroatoms. The average molecular weight is 307 g/mol. The summed E-state index contributed by atoms with van der Waals surface area (Å²) in [5.41, 5.74) is 0.907. The van der Waals surface area contributed by atoms with Crippen LogP contribution in [0.25, 0.3) is 0 Å². The first kappa shape index (κ1) is 15.6. The number of nitrogens with one attached hydrogen (secondary N) is 1. The smallest absolute Gasteiger partial charge is 0.225 e.